The highest BCUT2D eigenvalue weighted by Crippen LogP contribution is 2.71. The first kappa shape index (κ1) is 18.0. The van der Waals surface area contributed by atoms with Gasteiger partial charge in [0.2, 0.25) is 5.88 Å². The summed E-state index contributed by atoms with van der Waals surface area (Å²) in [6.45, 7) is 0.666. The molecular weight excluding hydrogens is 453 g/mol. The highest BCUT2D eigenvalue weighted by atomic mass is 79.9. The van der Waals surface area contributed by atoms with Gasteiger partial charge < -0.3 is 9.64 Å². The third-order valence-electron chi connectivity index (χ3n) is 6.62. The van der Waals surface area contributed by atoms with Crippen molar-refractivity contribution in [3.8, 4) is 11.6 Å². The monoisotopic (exact) mass is 469 g/mol. The fourth-order valence-corrected chi connectivity index (χ4v) is 5.45. The zero-order chi connectivity index (χ0) is 20.5. The predicted molar refractivity (Wildman–Crippen MR) is 108 cm³/mol. The van der Waals surface area contributed by atoms with Crippen LogP contribution in [0.3, 0.4) is 0 Å². The van der Waals surface area contributed by atoms with Crippen LogP contribution < -0.4 is 4.74 Å². The average Bonchev–Trinajstić information content (AvgIpc) is 3.09. The van der Waals surface area contributed by atoms with Crippen LogP contribution in [0.25, 0.3) is 5.69 Å². The molecule has 2 aliphatic carbocycles. The number of carbonyl (C=O) groups is 1. The van der Waals surface area contributed by atoms with E-state index in [-0.39, 0.29) is 34.7 Å². The van der Waals surface area contributed by atoms with Gasteiger partial charge in [-0.25, -0.2) is 9.37 Å². The van der Waals surface area contributed by atoms with Crippen LogP contribution in [0.1, 0.15) is 23.2 Å². The van der Waals surface area contributed by atoms with E-state index in [1.807, 2.05) is 17.0 Å². The van der Waals surface area contributed by atoms with Gasteiger partial charge in [-0.2, -0.15) is 10.2 Å². The molecule has 30 heavy (non-hydrogen) atoms. The van der Waals surface area contributed by atoms with Gasteiger partial charge in [0.05, 0.1) is 24.0 Å². The van der Waals surface area contributed by atoms with Crippen molar-refractivity contribution in [1.29, 1.82) is 0 Å². The van der Waals surface area contributed by atoms with Gasteiger partial charge in [0, 0.05) is 28.7 Å². The Labute approximate surface area is 180 Å². The van der Waals surface area contributed by atoms with Gasteiger partial charge in [-0.05, 0) is 52.9 Å². The third-order valence-corrected chi connectivity index (χ3v) is 7.09. The Morgan fingerprint density at radius 2 is 2.03 bits per heavy atom. The summed E-state index contributed by atoms with van der Waals surface area (Å²) in [6.07, 6.45) is 6.53. The summed E-state index contributed by atoms with van der Waals surface area (Å²) in [5, 5.41) is 8.05. The van der Waals surface area contributed by atoms with Gasteiger partial charge in [0.15, 0.2) is 5.82 Å². The maximum Gasteiger partial charge on any atom is 0.256 e. The number of hydrogen-bond acceptors (Lipinski definition) is 5. The zero-order valence-electron chi connectivity index (χ0n) is 15.8. The number of piperidine rings is 1. The molecule has 0 bridgehead atoms. The first-order chi connectivity index (χ1) is 14.6. The number of nitrogens with zero attached hydrogens (tertiary/aromatic N) is 5. The van der Waals surface area contributed by atoms with Crippen LogP contribution in [-0.4, -0.2) is 49.5 Å². The van der Waals surface area contributed by atoms with Gasteiger partial charge in [-0.15, -0.1) is 4.80 Å². The van der Waals surface area contributed by atoms with Gasteiger partial charge >= 0.3 is 0 Å². The maximum absolute atomic E-state index is 14.6. The van der Waals surface area contributed by atoms with Crippen molar-refractivity contribution in [1.82, 2.24) is 24.9 Å². The Morgan fingerprint density at radius 3 is 2.80 bits per heavy atom. The highest BCUT2D eigenvalue weighted by Gasteiger charge is 2.76. The molecule has 1 spiro atoms. The van der Waals surface area contributed by atoms with E-state index in [0.29, 0.717) is 18.3 Å². The molecule has 4 unspecified atom stereocenters. The second kappa shape index (κ2) is 6.34. The summed E-state index contributed by atoms with van der Waals surface area (Å²) in [5.74, 6) is 0.290. The molecule has 2 saturated carbocycles. The molecule has 1 amide bonds. The number of aromatic nitrogens is 4. The van der Waals surface area contributed by atoms with E-state index in [1.54, 1.807) is 18.3 Å². The van der Waals surface area contributed by atoms with Crippen molar-refractivity contribution in [3.63, 3.8) is 0 Å². The quantitative estimate of drug-likeness (QED) is 0.586. The van der Waals surface area contributed by atoms with Gasteiger partial charge in [0.1, 0.15) is 11.8 Å². The summed E-state index contributed by atoms with van der Waals surface area (Å²) in [6, 6.07) is 8.15. The van der Waals surface area contributed by atoms with Crippen LogP contribution in [0.4, 0.5) is 4.39 Å². The van der Waals surface area contributed by atoms with Crippen LogP contribution in [0.5, 0.6) is 5.88 Å². The van der Waals surface area contributed by atoms with E-state index in [0.717, 1.165) is 22.1 Å². The van der Waals surface area contributed by atoms with Crippen LogP contribution in [0.15, 0.2) is 53.4 Å². The van der Waals surface area contributed by atoms with E-state index >= 15 is 0 Å². The molecule has 3 aromatic rings. The number of likely N-dealkylation sites (tertiary alicyclic amines) is 1. The Bertz CT molecular complexity index is 1140. The summed E-state index contributed by atoms with van der Waals surface area (Å²) in [4.78, 5) is 20.8. The molecule has 152 valence electrons. The van der Waals surface area contributed by atoms with Gasteiger partial charge in [0.25, 0.3) is 5.91 Å². The van der Waals surface area contributed by atoms with Crippen molar-refractivity contribution in [2.75, 3.05) is 6.54 Å². The number of ether oxygens (including phenoxy) is 1. The minimum atomic E-state index is -0.531. The van der Waals surface area contributed by atoms with Crippen LogP contribution in [0.2, 0.25) is 0 Å². The number of rotatable bonds is 4. The molecule has 0 radical (unpaired) electrons. The van der Waals surface area contributed by atoms with Gasteiger partial charge in [-0.1, -0.05) is 6.07 Å². The lowest BCUT2D eigenvalue weighted by Gasteiger charge is -2.47. The fourth-order valence-electron chi connectivity index (χ4n) is 5.22. The Morgan fingerprint density at radius 1 is 1.20 bits per heavy atom. The molecule has 3 fully saturated rings. The lowest BCUT2D eigenvalue weighted by molar-refractivity contribution is -0.0345. The van der Waals surface area contributed by atoms with E-state index in [9.17, 15) is 9.18 Å². The predicted octanol–water partition coefficient (Wildman–Crippen LogP) is 3.25. The highest BCUT2D eigenvalue weighted by molar-refractivity contribution is 9.10. The molecule has 1 aromatic carbocycles. The summed E-state index contributed by atoms with van der Waals surface area (Å²) < 4.78 is 21.6. The van der Waals surface area contributed by atoms with Crippen LogP contribution >= 0.6 is 15.9 Å². The number of carbonyl (C=O) groups excluding carboxylic acids is 1. The van der Waals surface area contributed by atoms with Crippen molar-refractivity contribution in [3.05, 3.63) is 64.8 Å². The lowest BCUT2D eigenvalue weighted by atomic mass is 9.73. The van der Waals surface area contributed by atoms with Gasteiger partial charge in [-0.3, -0.25) is 4.79 Å². The second-order valence-electron chi connectivity index (χ2n) is 8.17. The van der Waals surface area contributed by atoms with E-state index < -0.39 is 5.82 Å². The van der Waals surface area contributed by atoms with Crippen LogP contribution in [-0.2, 0) is 0 Å². The molecule has 0 N–H and O–H groups in total. The first-order valence-corrected chi connectivity index (χ1v) is 10.6. The smallest absolute Gasteiger partial charge is 0.256 e. The minimum Gasteiger partial charge on any atom is -0.472 e. The SMILES string of the molecule is O=C(c1cccc(F)c1-n1nccn1)N1CC2CC23CC(Oc2ccc(Br)cn2)C13. The number of hydrogen-bond donors (Lipinski definition) is 0. The van der Waals surface area contributed by atoms with Crippen molar-refractivity contribution in [2.45, 2.75) is 25.0 Å². The first-order valence-electron chi connectivity index (χ1n) is 9.81. The van der Waals surface area contributed by atoms with Crippen molar-refractivity contribution in [2.24, 2.45) is 11.3 Å². The Kier molecular flexibility index (Phi) is 3.80. The molecule has 3 heterocycles. The normalized spacial score (nSPS) is 28.5. The third kappa shape index (κ3) is 2.54. The lowest BCUT2D eigenvalue weighted by Crippen LogP contribution is -2.59. The summed E-state index contributed by atoms with van der Waals surface area (Å²) in [7, 11) is 0. The molecule has 6 rings (SSSR count). The van der Waals surface area contributed by atoms with Crippen LogP contribution in [0, 0.1) is 17.2 Å². The molecule has 1 saturated heterocycles. The molecule has 1 aliphatic heterocycles. The molecule has 2 aromatic heterocycles. The zero-order valence-corrected chi connectivity index (χ0v) is 17.4. The molecule has 9 heteroatoms. The summed E-state index contributed by atoms with van der Waals surface area (Å²) >= 11 is 3.37. The number of halogens is 2. The maximum atomic E-state index is 14.6. The van der Waals surface area contributed by atoms with E-state index in [2.05, 4.69) is 31.1 Å². The molecule has 7 nitrogen and oxygen atoms in total. The Balaban J connectivity index is 1.31. The number of benzene rings is 1. The second-order valence-corrected chi connectivity index (χ2v) is 9.08. The number of para-hydroxylation sites is 1. The Hall–Kier alpha value is -2.81. The number of pyridine rings is 1. The largest absolute Gasteiger partial charge is 0.472 e. The minimum absolute atomic E-state index is 0.0258. The number of amides is 1. The average molecular weight is 470 g/mol. The van der Waals surface area contributed by atoms with E-state index in [1.165, 1.54) is 18.5 Å². The molecule has 4 atom stereocenters. The molecule has 3 aliphatic rings. The topological polar surface area (TPSA) is 73.1 Å². The van der Waals surface area contributed by atoms with E-state index in [4.69, 9.17) is 4.74 Å². The summed E-state index contributed by atoms with van der Waals surface area (Å²) in [5.41, 5.74) is 0.483. The van der Waals surface area contributed by atoms with Crippen molar-refractivity contribution < 1.29 is 13.9 Å². The standard InChI is InChI=1S/C21H17BrFN5O2/c22-13-4-5-17(24-10-13)30-16-9-21-8-12(21)11-27(19(16)21)20(29)14-2-1-3-15(23)18(14)28-25-6-7-26-28/h1-7,10,12,16,19H,8-9,11H2. The molecular formula is C21H17BrFN5O2. The fraction of sp³-hybridized carbons (Fsp3) is 0.333. The van der Waals surface area contributed by atoms with Crippen molar-refractivity contribution >= 4 is 21.8 Å².